The second-order valence-electron chi connectivity index (χ2n) is 4.03. The Balaban J connectivity index is 2.12. The molecule has 0 saturated carbocycles. The van der Waals surface area contributed by atoms with Crippen LogP contribution in [-0.4, -0.2) is 27.8 Å². The van der Waals surface area contributed by atoms with Crippen LogP contribution < -0.4 is 16.8 Å². The van der Waals surface area contributed by atoms with Gasteiger partial charge in [0, 0.05) is 18.1 Å². The van der Waals surface area contributed by atoms with Crippen LogP contribution in [0.1, 0.15) is 6.42 Å². The summed E-state index contributed by atoms with van der Waals surface area (Å²) in [6, 6.07) is 4.13. The molecule has 5 N–H and O–H groups in total. The molecule has 0 aliphatic carbocycles. The molecule has 19 heavy (non-hydrogen) atoms. The van der Waals surface area contributed by atoms with Crippen LogP contribution in [0, 0.1) is 0 Å². The van der Waals surface area contributed by atoms with Crippen LogP contribution in [0.4, 0.5) is 5.69 Å². The number of anilines is 1. The molecule has 7 heteroatoms. The Morgan fingerprint density at radius 1 is 1.21 bits per heavy atom. The van der Waals surface area contributed by atoms with E-state index in [2.05, 4.69) is 15.3 Å². The van der Waals surface area contributed by atoms with Gasteiger partial charge in [-0.3, -0.25) is 19.6 Å². The number of fused-ring (bicyclic) bond motifs is 1. The zero-order valence-electron chi connectivity index (χ0n) is 10.0. The number of aromatic nitrogens is 2. The summed E-state index contributed by atoms with van der Waals surface area (Å²) in [5.74, 6) is -1.09. The first-order valence-electron chi connectivity index (χ1n) is 5.62. The number of hydrogen-bond donors (Lipinski definition) is 3. The Bertz CT molecular complexity index is 628. The smallest absolute Gasteiger partial charge is 0.241 e. The summed E-state index contributed by atoms with van der Waals surface area (Å²) in [6.45, 7) is 0. The van der Waals surface area contributed by atoms with Gasteiger partial charge in [0.25, 0.3) is 0 Å². The first-order chi connectivity index (χ1) is 9.06. The molecule has 1 aromatic carbocycles. The first-order valence-corrected chi connectivity index (χ1v) is 5.62. The number of nitrogens with zero attached hydrogens (tertiary/aromatic N) is 2. The van der Waals surface area contributed by atoms with Gasteiger partial charge in [-0.05, 0) is 18.2 Å². The van der Waals surface area contributed by atoms with E-state index in [0.717, 1.165) is 5.52 Å². The van der Waals surface area contributed by atoms with Gasteiger partial charge in [0.05, 0.1) is 23.5 Å². The lowest BCUT2D eigenvalue weighted by molar-refractivity contribution is -0.123. The van der Waals surface area contributed by atoms with Crippen molar-refractivity contribution in [3.05, 3.63) is 30.6 Å². The highest BCUT2D eigenvalue weighted by Gasteiger charge is 2.16. The van der Waals surface area contributed by atoms with Crippen molar-refractivity contribution in [3.8, 4) is 0 Å². The topological polar surface area (TPSA) is 124 Å². The second-order valence-corrected chi connectivity index (χ2v) is 4.03. The molecule has 98 valence electrons. The summed E-state index contributed by atoms with van der Waals surface area (Å²) in [5.41, 5.74) is 12.4. The van der Waals surface area contributed by atoms with Gasteiger partial charge in [-0.15, -0.1) is 0 Å². The van der Waals surface area contributed by atoms with Crippen LogP contribution in [0.3, 0.4) is 0 Å². The van der Waals surface area contributed by atoms with Gasteiger partial charge in [-0.25, -0.2) is 0 Å². The summed E-state index contributed by atoms with van der Waals surface area (Å²) in [7, 11) is 0. The number of primary amides is 1. The fourth-order valence-electron chi connectivity index (χ4n) is 1.59. The SMILES string of the molecule is NC(=O)CC(N)C(=O)Nc1ccc2nccnc2c1. The fraction of sp³-hybridized carbons (Fsp3) is 0.167. The molecule has 0 bridgehead atoms. The molecular weight excluding hydrogens is 246 g/mol. The summed E-state index contributed by atoms with van der Waals surface area (Å²) >= 11 is 0. The highest BCUT2D eigenvalue weighted by atomic mass is 16.2. The molecular formula is C12H13N5O2. The summed E-state index contributed by atoms with van der Waals surface area (Å²) < 4.78 is 0. The molecule has 0 fully saturated rings. The molecule has 0 aliphatic rings. The number of nitrogens with one attached hydrogen (secondary N) is 1. The number of amides is 2. The van der Waals surface area contributed by atoms with E-state index in [9.17, 15) is 9.59 Å². The Hall–Kier alpha value is -2.54. The van der Waals surface area contributed by atoms with E-state index in [1.165, 1.54) is 0 Å². The Morgan fingerprint density at radius 2 is 1.89 bits per heavy atom. The van der Waals surface area contributed by atoms with Crippen molar-refractivity contribution in [2.45, 2.75) is 12.5 Å². The van der Waals surface area contributed by atoms with Crippen LogP contribution >= 0.6 is 0 Å². The van der Waals surface area contributed by atoms with E-state index in [4.69, 9.17) is 11.5 Å². The third kappa shape index (κ3) is 3.23. The second kappa shape index (κ2) is 5.40. The van der Waals surface area contributed by atoms with Gasteiger partial charge < -0.3 is 16.8 Å². The molecule has 1 atom stereocenters. The van der Waals surface area contributed by atoms with Gasteiger partial charge in [-0.2, -0.15) is 0 Å². The average molecular weight is 259 g/mol. The quantitative estimate of drug-likeness (QED) is 0.699. The van der Waals surface area contributed by atoms with Crippen LogP contribution in [0.5, 0.6) is 0 Å². The minimum Gasteiger partial charge on any atom is -0.370 e. The maximum absolute atomic E-state index is 11.7. The molecule has 0 saturated heterocycles. The molecule has 0 aliphatic heterocycles. The van der Waals surface area contributed by atoms with Crippen molar-refractivity contribution in [1.82, 2.24) is 9.97 Å². The number of hydrogen-bond acceptors (Lipinski definition) is 5. The number of rotatable bonds is 4. The molecule has 0 radical (unpaired) electrons. The maximum atomic E-state index is 11.7. The minimum absolute atomic E-state index is 0.195. The lowest BCUT2D eigenvalue weighted by Gasteiger charge is -2.10. The molecule has 2 rings (SSSR count). The molecule has 2 amide bonds. The lowest BCUT2D eigenvalue weighted by Crippen LogP contribution is -2.38. The third-order valence-corrected chi connectivity index (χ3v) is 2.49. The van der Waals surface area contributed by atoms with Crippen LogP contribution in [0.2, 0.25) is 0 Å². The number of nitrogens with two attached hydrogens (primary N) is 2. The molecule has 1 unspecified atom stereocenters. The first kappa shape index (κ1) is 12.9. The largest absolute Gasteiger partial charge is 0.370 e. The van der Waals surface area contributed by atoms with Crippen molar-refractivity contribution in [3.63, 3.8) is 0 Å². The standard InChI is InChI=1S/C12H13N5O2/c13-8(6-11(14)18)12(19)17-7-1-2-9-10(5-7)16-4-3-15-9/h1-5,8H,6,13H2,(H2,14,18)(H,17,19). The van der Waals surface area contributed by atoms with E-state index in [1.54, 1.807) is 30.6 Å². The van der Waals surface area contributed by atoms with E-state index in [0.29, 0.717) is 11.2 Å². The van der Waals surface area contributed by atoms with Crippen LogP contribution in [0.25, 0.3) is 11.0 Å². The highest BCUT2D eigenvalue weighted by Crippen LogP contribution is 2.15. The van der Waals surface area contributed by atoms with Crippen molar-refractivity contribution >= 4 is 28.5 Å². The Labute approximate surface area is 109 Å². The van der Waals surface area contributed by atoms with Gasteiger partial charge in [0.2, 0.25) is 11.8 Å². The van der Waals surface area contributed by atoms with Gasteiger partial charge in [0.15, 0.2) is 0 Å². The summed E-state index contributed by atoms with van der Waals surface area (Å²) in [4.78, 5) is 30.6. The van der Waals surface area contributed by atoms with E-state index < -0.39 is 17.9 Å². The molecule has 1 aromatic heterocycles. The number of carbonyl (C=O) groups excluding carboxylic acids is 2. The summed E-state index contributed by atoms with van der Waals surface area (Å²) in [5, 5.41) is 2.60. The normalized spacial score (nSPS) is 12.1. The van der Waals surface area contributed by atoms with Crippen LogP contribution in [0.15, 0.2) is 30.6 Å². The molecule has 2 aromatic rings. The maximum Gasteiger partial charge on any atom is 0.241 e. The predicted octanol–water partition coefficient (Wildman–Crippen LogP) is -0.229. The Kier molecular flexibility index (Phi) is 3.67. The van der Waals surface area contributed by atoms with E-state index in [-0.39, 0.29) is 6.42 Å². The molecule has 0 spiro atoms. The van der Waals surface area contributed by atoms with Crippen molar-refractivity contribution in [1.29, 1.82) is 0 Å². The van der Waals surface area contributed by atoms with Crippen molar-refractivity contribution in [2.75, 3.05) is 5.32 Å². The number of carbonyl (C=O) groups is 2. The fourth-order valence-corrected chi connectivity index (χ4v) is 1.59. The zero-order valence-corrected chi connectivity index (χ0v) is 10.0. The lowest BCUT2D eigenvalue weighted by atomic mass is 10.2. The zero-order chi connectivity index (χ0) is 13.8. The molecule has 1 heterocycles. The van der Waals surface area contributed by atoms with Gasteiger partial charge >= 0.3 is 0 Å². The summed E-state index contributed by atoms with van der Waals surface area (Å²) in [6.07, 6.45) is 2.95. The van der Waals surface area contributed by atoms with Crippen molar-refractivity contribution in [2.24, 2.45) is 11.5 Å². The third-order valence-electron chi connectivity index (χ3n) is 2.49. The number of benzene rings is 1. The van der Waals surface area contributed by atoms with Gasteiger partial charge in [-0.1, -0.05) is 0 Å². The van der Waals surface area contributed by atoms with Crippen molar-refractivity contribution < 1.29 is 9.59 Å². The minimum atomic E-state index is -0.963. The Morgan fingerprint density at radius 3 is 2.58 bits per heavy atom. The van der Waals surface area contributed by atoms with E-state index in [1.807, 2.05) is 0 Å². The highest BCUT2D eigenvalue weighted by molar-refractivity contribution is 5.98. The average Bonchev–Trinajstić information content (AvgIpc) is 2.37. The predicted molar refractivity (Wildman–Crippen MR) is 70.0 cm³/mol. The van der Waals surface area contributed by atoms with Gasteiger partial charge in [0.1, 0.15) is 0 Å². The van der Waals surface area contributed by atoms with E-state index >= 15 is 0 Å². The molecule has 7 nitrogen and oxygen atoms in total. The monoisotopic (exact) mass is 259 g/mol. The van der Waals surface area contributed by atoms with Crippen LogP contribution in [-0.2, 0) is 9.59 Å².